The van der Waals surface area contributed by atoms with Crippen LogP contribution >= 0.6 is 10.3 Å². The first kappa shape index (κ1) is 31.7. The third kappa shape index (κ3) is 5.72. The molecule has 0 bridgehead atoms. The SMILES string of the molecule is CC(C)(C)c1ccc(S(OS(=O)(=O)c2c(F)c(F)c(F)c(F)c2F)(c2ccccc2)c2ccc(C(C)(C)C)cc2)cc1. The number of halogens is 5. The molecule has 42 heavy (non-hydrogen) atoms. The summed E-state index contributed by atoms with van der Waals surface area (Å²) in [6.45, 7) is 12.0. The Hall–Kier alpha value is -3.21. The van der Waals surface area contributed by atoms with Gasteiger partial charge in [-0.2, -0.15) is 8.42 Å². The van der Waals surface area contributed by atoms with Crippen molar-refractivity contribution >= 4 is 20.4 Å². The Morgan fingerprint density at radius 3 is 1.19 bits per heavy atom. The number of hydrogen-bond donors (Lipinski definition) is 0. The summed E-state index contributed by atoms with van der Waals surface area (Å²) in [6.07, 6.45) is 0. The van der Waals surface area contributed by atoms with Gasteiger partial charge in [-0.25, -0.2) is 25.6 Å². The van der Waals surface area contributed by atoms with Gasteiger partial charge in [0.1, 0.15) is 0 Å². The molecular formula is C32H31F5O3S2. The van der Waals surface area contributed by atoms with Crippen LogP contribution in [0, 0.1) is 29.1 Å². The Kier molecular flexibility index (Phi) is 8.41. The van der Waals surface area contributed by atoms with Gasteiger partial charge < -0.3 is 0 Å². The lowest BCUT2D eigenvalue weighted by molar-refractivity contribution is 0.354. The van der Waals surface area contributed by atoms with Gasteiger partial charge >= 0.3 is 10.1 Å². The van der Waals surface area contributed by atoms with Crippen molar-refractivity contribution in [1.29, 1.82) is 0 Å². The van der Waals surface area contributed by atoms with Gasteiger partial charge in [0.05, 0.1) is 0 Å². The molecule has 0 amide bonds. The molecule has 0 atom stereocenters. The smallest absolute Gasteiger partial charge is 0.203 e. The van der Waals surface area contributed by atoms with Crippen molar-refractivity contribution in [3.05, 3.63) is 119 Å². The minimum atomic E-state index is -5.62. The van der Waals surface area contributed by atoms with E-state index in [1.807, 2.05) is 41.5 Å². The molecule has 0 aliphatic heterocycles. The molecule has 4 rings (SSSR count). The van der Waals surface area contributed by atoms with Crippen LogP contribution in [0.1, 0.15) is 52.7 Å². The highest BCUT2D eigenvalue weighted by atomic mass is 32.3. The van der Waals surface area contributed by atoms with E-state index < -0.39 is 54.4 Å². The minimum Gasteiger partial charge on any atom is -0.203 e. The van der Waals surface area contributed by atoms with Crippen molar-refractivity contribution in [2.24, 2.45) is 0 Å². The Balaban J connectivity index is 2.09. The van der Waals surface area contributed by atoms with Crippen LogP contribution in [0.2, 0.25) is 0 Å². The van der Waals surface area contributed by atoms with Crippen molar-refractivity contribution in [1.82, 2.24) is 0 Å². The molecule has 0 heterocycles. The highest BCUT2D eigenvalue weighted by Gasteiger charge is 2.43. The van der Waals surface area contributed by atoms with Gasteiger partial charge in [0, 0.05) is 14.7 Å². The van der Waals surface area contributed by atoms with Gasteiger partial charge in [-0.15, -0.1) is 0 Å². The molecule has 10 heteroatoms. The maximum absolute atomic E-state index is 14.9. The summed E-state index contributed by atoms with van der Waals surface area (Å²) in [7, 11) is -9.01. The highest BCUT2D eigenvalue weighted by Crippen LogP contribution is 2.70. The Bertz CT molecular complexity index is 1620. The zero-order chi connectivity index (χ0) is 31.3. The highest BCUT2D eigenvalue weighted by molar-refractivity contribution is 8.33. The molecule has 3 nitrogen and oxygen atoms in total. The van der Waals surface area contributed by atoms with Crippen LogP contribution in [0.5, 0.6) is 0 Å². The third-order valence-electron chi connectivity index (χ3n) is 6.79. The molecular weight excluding hydrogens is 591 g/mol. The third-order valence-corrected chi connectivity index (χ3v) is 12.0. The fraction of sp³-hybridized carbons (Fsp3) is 0.250. The largest absolute Gasteiger partial charge is 0.313 e. The standard InChI is InChI=1S/C32H31F5O3S2/c1-31(2,3)20-12-16-23(17-13-20)41(22-10-8-7-9-11-22,24-18-14-21(15-19-24)32(4,5)6)40-42(38,39)30-28(36)26(34)25(33)27(35)29(30)37/h7-19H,1-6H3. The molecule has 0 aromatic heterocycles. The first-order chi connectivity index (χ1) is 19.4. The fourth-order valence-corrected chi connectivity index (χ4v) is 9.71. The quantitative estimate of drug-likeness (QED) is 0.122. The van der Waals surface area contributed by atoms with Crippen LogP contribution in [0.4, 0.5) is 22.0 Å². The molecule has 0 N–H and O–H groups in total. The molecule has 4 aromatic rings. The Morgan fingerprint density at radius 1 is 0.500 bits per heavy atom. The summed E-state index contributed by atoms with van der Waals surface area (Å²) in [5.41, 5.74) is 1.30. The summed E-state index contributed by atoms with van der Waals surface area (Å²) in [4.78, 5) is -1.07. The maximum atomic E-state index is 14.9. The second-order valence-electron chi connectivity index (χ2n) is 11.8. The minimum absolute atomic E-state index is 0.264. The van der Waals surface area contributed by atoms with Gasteiger partial charge in [-0.05, 0) is 68.7 Å². The Labute approximate surface area is 245 Å². The van der Waals surface area contributed by atoms with E-state index >= 15 is 0 Å². The van der Waals surface area contributed by atoms with Crippen molar-refractivity contribution in [2.45, 2.75) is 72.0 Å². The monoisotopic (exact) mass is 622 g/mol. The fourth-order valence-electron chi connectivity index (χ4n) is 4.40. The molecule has 0 aliphatic rings. The van der Waals surface area contributed by atoms with Crippen molar-refractivity contribution < 1.29 is 34.0 Å². The molecule has 0 fully saturated rings. The van der Waals surface area contributed by atoms with E-state index in [0.29, 0.717) is 14.7 Å². The van der Waals surface area contributed by atoms with Crippen LogP contribution in [-0.2, 0) is 24.6 Å². The van der Waals surface area contributed by atoms with Gasteiger partial charge in [-0.1, -0.05) is 84.0 Å². The molecule has 0 spiro atoms. The Morgan fingerprint density at radius 2 is 0.833 bits per heavy atom. The molecule has 0 aliphatic carbocycles. The van der Waals surface area contributed by atoms with Gasteiger partial charge in [0.15, 0.2) is 28.2 Å². The average molecular weight is 623 g/mol. The van der Waals surface area contributed by atoms with E-state index in [1.165, 1.54) is 0 Å². The normalized spacial score (nSPS) is 13.3. The lowest BCUT2D eigenvalue weighted by Gasteiger charge is -2.40. The lowest BCUT2D eigenvalue weighted by Crippen LogP contribution is -2.19. The van der Waals surface area contributed by atoms with E-state index in [1.54, 1.807) is 78.9 Å². The second-order valence-corrected chi connectivity index (χ2v) is 16.2. The zero-order valence-electron chi connectivity index (χ0n) is 23.9. The van der Waals surface area contributed by atoms with Gasteiger partial charge in [0.2, 0.25) is 5.82 Å². The zero-order valence-corrected chi connectivity index (χ0v) is 25.6. The summed E-state index contributed by atoms with van der Waals surface area (Å²) >= 11 is 0. The predicted octanol–water partition coefficient (Wildman–Crippen LogP) is 9.58. The predicted molar refractivity (Wildman–Crippen MR) is 154 cm³/mol. The van der Waals surface area contributed by atoms with E-state index in [-0.39, 0.29) is 10.8 Å². The van der Waals surface area contributed by atoms with E-state index in [0.717, 1.165) is 11.1 Å². The molecule has 0 unspecified atom stereocenters. The maximum Gasteiger partial charge on any atom is 0.313 e. The summed E-state index contributed by atoms with van der Waals surface area (Å²) in [6, 6.07) is 22.0. The van der Waals surface area contributed by atoms with E-state index in [9.17, 15) is 30.4 Å². The molecule has 0 radical (unpaired) electrons. The van der Waals surface area contributed by atoms with Gasteiger partial charge in [0.25, 0.3) is 0 Å². The summed E-state index contributed by atoms with van der Waals surface area (Å²) in [5.74, 6) is -12.3. The number of hydrogen-bond acceptors (Lipinski definition) is 3. The van der Waals surface area contributed by atoms with Crippen LogP contribution in [0.25, 0.3) is 0 Å². The molecule has 0 saturated heterocycles. The van der Waals surface area contributed by atoms with Crippen molar-refractivity contribution in [3.8, 4) is 0 Å². The molecule has 224 valence electrons. The van der Waals surface area contributed by atoms with E-state index in [4.69, 9.17) is 3.63 Å². The number of rotatable bonds is 6. The van der Waals surface area contributed by atoms with Crippen LogP contribution in [-0.4, -0.2) is 8.42 Å². The molecule has 0 saturated carbocycles. The van der Waals surface area contributed by atoms with E-state index in [2.05, 4.69) is 0 Å². The topological polar surface area (TPSA) is 43.4 Å². The first-order valence-corrected chi connectivity index (χ1v) is 15.9. The van der Waals surface area contributed by atoms with Crippen molar-refractivity contribution in [3.63, 3.8) is 0 Å². The average Bonchev–Trinajstić information content (AvgIpc) is 2.93. The number of benzene rings is 4. The molecule has 4 aromatic carbocycles. The first-order valence-electron chi connectivity index (χ1n) is 13.0. The van der Waals surface area contributed by atoms with Gasteiger partial charge in [-0.3, -0.25) is 0 Å². The van der Waals surface area contributed by atoms with Crippen LogP contribution in [0.15, 0.2) is 98.4 Å². The van der Waals surface area contributed by atoms with Crippen molar-refractivity contribution in [2.75, 3.05) is 0 Å². The van der Waals surface area contributed by atoms with Crippen LogP contribution in [0.3, 0.4) is 0 Å². The second kappa shape index (κ2) is 11.1. The van der Waals surface area contributed by atoms with Crippen LogP contribution < -0.4 is 0 Å². The summed E-state index contributed by atoms with van der Waals surface area (Å²) in [5, 5.41) is 0. The lowest BCUT2D eigenvalue weighted by atomic mass is 9.87. The summed E-state index contributed by atoms with van der Waals surface area (Å²) < 4.78 is 105.